The van der Waals surface area contributed by atoms with Crippen LogP contribution in [0.1, 0.15) is 53.4 Å². The van der Waals surface area contributed by atoms with Gasteiger partial charge in [0.1, 0.15) is 12.2 Å². The molecule has 0 saturated heterocycles. The monoisotopic (exact) mass is 481 g/mol. The van der Waals surface area contributed by atoms with E-state index in [9.17, 15) is 24.0 Å². The summed E-state index contributed by atoms with van der Waals surface area (Å²) in [5, 5.41) is 9.06. The first-order chi connectivity index (χ1) is 16.0. The lowest BCUT2D eigenvalue weighted by Gasteiger charge is -2.21. The van der Waals surface area contributed by atoms with Gasteiger partial charge in [-0.1, -0.05) is 27.0 Å². The van der Waals surface area contributed by atoms with Gasteiger partial charge >= 0.3 is 29.0 Å². The van der Waals surface area contributed by atoms with E-state index < -0.39 is 41.2 Å². The topological polar surface area (TPSA) is 139 Å². The number of carbonyl (C=O) groups is 2. The van der Waals surface area contributed by atoms with Crippen LogP contribution in [0.3, 0.4) is 0 Å². The fraction of sp³-hybridized carbons (Fsp3) is 0.609. The second-order valence-electron chi connectivity index (χ2n) is 8.08. The summed E-state index contributed by atoms with van der Waals surface area (Å²) in [7, 11) is 0. The fourth-order valence-corrected chi connectivity index (χ4v) is 2.98. The van der Waals surface area contributed by atoms with E-state index in [1.165, 1.54) is 13.8 Å². The standard InChI is InChI=1S/C23H35N3O8/c1-7-17(33-19(28)15(3)4)13-25-21(30)24(11-9-10-12-27)22(31)26(23(25)32)14-18(8-2)34-20(29)16(5)6/h17-18,27H,3,5,7-14H2,1-2,4,6H3. The van der Waals surface area contributed by atoms with Crippen molar-refractivity contribution in [1.29, 1.82) is 0 Å². The molecule has 1 N–H and O–H groups in total. The van der Waals surface area contributed by atoms with Gasteiger partial charge in [0.05, 0.1) is 13.1 Å². The van der Waals surface area contributed by atoms with E-state index in [1.807, 2.05) is 0 Å². The molecule has 2 atom stereocenters. The normalized spacial score (nSPS) is 12.6. The maximum Gasteiger partial charge on any atom is 0.336 e. The minimum atomic E-state index is -0.900. The number of rotatable bonds is 14. The Morgan fingerprint density at radius 3 is 1.50 bits per heavy atom. The highest BCUT2D eigenvalue weighted by Gasteiger charge is 2.23. The average Bonchev–Trinajstić information content (AvgIpc) is 2.79. The molecule has 0 amide bonds. The highest BCUT2D eigenvalue weighted by atomic mass is 16.5. The lowest BCUT2D eigenvalue weighted by atomic mass is 10.2. The Bertz CT molecular complexity index is 1000. The van der Waals surface area contributed by atoms with Gasteiger partial charge in [0.2, 0.25) is 0 Å². The van der Waals surface area contributed by atoms with Crippen molar-refractivity contribution in [1.82, 2.24) is 13.7 Å². The van der Waals surface area contributed by atoms with E-state index in [4.69, 9.17) is 14.6 Å². The number of aliphatic hydroxyl groups is 1. The zero-order valence-electron chi connectivity index (χ0n) is 20.4. The number of hydrogen-bond acceptors (Lipinski definition) is 8. The first-order valence-electron chi connectivity index (χ1n) is 11.3. The van der Waals surface area contributed by atoms with E-state index in [-0.39, 0.29) is 37.4 Å². The molecule has 1 rings (SSSR count). The molecule has 1 aromatic rings. The van der Waals surface area contributed by atoms with Crippen LogP contribution < -0.4 is 17.1 Å². The minimum Gasteiger partial charge on any atom is -0.457 e. The van der Waals surface area contributed by atoms with Crippen molar-refractivity contribution < 1.29 is 24.2 Å². The Morgan fingerprint density at radius 1 is 0.794 bits per heavy atom. The fourth-order valence-electron chi connectivity index (χ4n) is 2.98. The number of unbranched alkanes of at least 4 members (excludes halogenated alkanes) is 1. The molecule has 1 aromatic heterocycles. The van der Waals surface area contributed by atoms with Gasteiger partial charge in [-0.3, -0.25) is 0 Å². The third-order valence-corrected chi connectivity index (χ3v) is 5.10. The van der Waals surface area contributed by atoms with Crippen LogP contribution in [0.15, 0.2) is 38.7 Å². The maximum absolute atomic E-state index is 13.2. The summed E-state index contributed by atoms with van der Waals surface area (Å²) < 4.78 is 13.2. The molecule has 190 valence electrons. The van der Waals surface area contributed by atoms with E-state index in [0.717, 1.165) is 13.7 Å². The van der Waals surface area contributed by atoms with Crippen molar-refractivity contribution in [2.75, 3.05) is 6.61 Å². The van der Waals surface area contributed by atoms with Gasteiger partial charge in [0.15, 0.2) is 0 Å². The van der Waals surface area contributed by atoms with Crippen molar-refractivity contribution >= 4 is 11.9 Å². The molecule has 34 heavy (non-hydrogen) atoms. The first-order valence-corrected chi connectivity index (χ1v) is 11.3. The van der Waals surface area contributed by atoms with Gasteiger partial charge < -0.3 is 14.6 Å². The Morgan fingerprint density at radius 2 is 1.18 bits per heavy atom. The van der Waals surface area contributed by atoms with Crippen LogP contribution in [0.4, 0.5) is 0 Å². The molecule has 0 bridgehead atoms. The molecule has 2 unspecified atom stereocenters. The van der Waals surface area contributed by atoms with Crippen molar-refractivity contribution in [2.45, 2.75) is 85.2 Å². The number of nitrogens with zero attached hydrogens (tertiary/aromatic N) is 3. The lowest BCUT2D eigenvalue weighted by Crippen LogP contribution is -2.56. The molecule has 0 radical (unpaired) electrons. The molecule has 0 spiro atoms. The van der Waals surface area contributed by atoms with Gasteiger partial charge in [0.25, 0.3) is 0 Å². The number of hydrogen-bond donors (Lipinski definition) is 1. The largest absolute Gasteiger partial charge is 0.457 e. The predicted molar refractivity (Wildman–Crippen MR) is 126 cm³/mol. The summed E-state index contributed by atoms with van der Waals surface area (Å²) in [6, 6.07) is 0. The van der Waals surface area contributed by atoms with E-state index in [1.54, 1.807) is 13.8 Å². The lowest BCUT2D eigenvalue weighted by molar-refractivity contribution is -0.145. The van der Waals surface area contributed by atoms with Crippen LogP contribution in [-0.4, -0.2) is 49.6 Å². The van der Waals surface area contributed by atoms with Crippen LogP contribution in [0, 0.1) is 0 Å². The Kier molecular flexibility index (Phi) is 11.4. The quantitative estimate of drug-likeness (QED) is 0.233. The van der Waals surface area contributed by atoms with Gasteiger partial charge in [-0.15, -0.1) is 0 Å². The molecule has 11 nitrogen and oxygen atoms in total. The molecular formula is C23H35N3O8. The molecule has 0 aliphatic rings. The average molecular weight is 482 g/mol. The molecule has 0 saturated carbocycles. The number of aromatic nitrogens is 3. The summed E-state index contributed by atoms with van der Waals surface area (Å²) in [5.41, 5.74) is -2.25. The smallest absolute Gasteiger partial charge is 0.336 e. The second-order valence-corrected chi connectivity index (χ2v) is 8.08. The third kappa shape index (κ3) is 7.68. The molecule has 0 aromatic carbocycles. The molecule has 0 aliphatic heterocycles. The van der Waals surface area contributed by atoms with Crippen LogP contribution in [0.5, 0.6) is 0 Å². The number of esters is 2. The summed E-state index contributed by atoms with van der Waals surface area (Å²) in [4.78, 5) is 63.2. The summed E-state index contributed by atoms with van der Waals surface area (Å²) in [6.45, 7) is 12.8. The van der Waals surface area contributed by atoms with E-state index >= 15 is 0 Å². The zero-order chi connectivity index (χ0) is 26.0. The highest BCUT2D eigenvalue weighted by Crippen LogP contribution is 2.06. The van der Waals surface area contributed by atoms with Gasteiger partial charge in [0, 0.05) is 24.3 Å². The Labute approximate surface area is 197 Å². The van der Waals surface area contributed by atoms with Crippen LogP contribution in [0.2, 0.25) is 0 Å². The number of carbonyl (C=O) groups excluding carboxylic acids is 2. The number of ether oxygens (including phenoxy) is 2. The maximum atomic E-state index is 13.2. The molecule has 0 aliphatic carbocycles. The van der Waals surface area contributed by atoms with Crippen LogP contribution in [0.25, 0.3) is 0 Å². The van der Waals surface area contributed by atoms with Gasteiger partial charge in [-0.2, -0.15) is 0 Å². The van der Waals surface area contributed by atoms with Crippen molar-refractivity contribution in [2.24, 2.45) is 0 Å². The molecule has 0 fully saturated rings. The van der Waals surface area contributed by atoms with Crippen molar-refractivity contribution in [3.8, 4) is 0 Å². The van der Waals surface area contributed by atoms with Crippen LogP contribution >= 0.6 is 0 Å². The van der Waals surface area contributed by atoms with Crippen molar-refractivity contribution in [3.63, 3.8) is 0 Å². The molecule has 1 heterocycles. The Hall–Kier alpha value is -3.21. The Balaban J connectivity index is 3.52. The number of aliphatic hydroxyl groups excluding tert-OH is 1. The molecule has 11 heteroatoms. The zero-order valence-corrected chi connectivity index (χ0v) is 20.4. The second kappa shape index (κ2) is 13.5. The van der Waals surface area contributed by atoms with E-state index in [2.05, 4.69) is 13.2 Å². The minimum absolute atomic E-state index is 0.0246. The summed E-state index contributed by atoms with van der Waals surface area (Å²) >= 11 is 0. The SMILES string of the molecule is C=C(C)C(=O)OC(CC)Cn1c(=O)n(CCCCO)c(=O)n(CC(CC)OC(=O)C(=C)C)c1=O. The summed E-state index contributed by atoms with van der Waals surface area (Å²) in [5.74, 6) is -1.32. The van der Waals surface area contributed by atoms with Gasteiger partial charge in [-0.25, -0.2) is 37.7 Å². The van der Waals surface area contributed by atoms with E-state index in [0.29, 0.717) is 25.7 Å². The molecular weight excluding hydrogens is 446 g/mol. The van der Waals surface area contributed by atoms with Gasteiger partial charge in [-0.05, 0) is 39.5 Å². The summed E-state index contributed by atoms with van der Waals surface area (Å²) in [6.07, 6.45) is -0.324. The first kappa shape index (κ1) is 28.8. The van der Waals surface area contributed by atoms with Crippen LogP contribution in [-0.2, 0) is 38.7 Å². The highest BCUT2D eigenvalue weighted by molar-refractivity contribution is 5.87. The third-order valence-electron chi connectivity index (χ3n) is 5.10. The predicted octanol–water partition coefficient (Wildman–Crippen LogP) is 0.740. The van der Waals surface area contributed by atoms with Crippen molar-refractivity contribution in [3.05, 3.63) is 55.8 Å².